The second-order valence-electron chi connectivity index (χ2n) is 7.80. The fourth-order valence-electron chi connectivity index (χ4n) is 4.33. The summed E-state index contributed by atoms with van der Waals surface area (Å²) in [6.45, 7) is 2.54. The number of hydrogen-bond donors (Lipinski definition) is 1. The van der Waals surface area contributed by atoms with Gasteiger partial charge in [0, 0.05) is 13.0 Å². The van der Waals surface area contributed by atoms with E-state index in [-0.39, 0.29) is 17.6 Å². The van der Waals surface area contributed by atoms with E-state index < -0.39 is 0 Å². The lowest BCUT2D eigenvalue weighted by Gasteiger charge is -2.16. The number of carbonyl (C=O) groups excluding carboxylic acids is 1. The molecule has 29 heavy (non-hydrogen) atoms. The summed E-state index contributed by atoms with van der Waals surface area (Å²) in [5.41, 5.74) is 1.34. The molecule has 0 bridgehead atoms. The van der Waals surface area contributed by atoms with Crippen LogP contribution in [0.3, 0.4) is 0 Å². The van der Waals surface area contributed by atoms with Crippen LogP contribution < -0.4 is 15.6 Å². The van der Waals surface area contributed by atoms with E-state index in [1.165, 1.54) is 24.2 Å². The van der Waals surface area contributed by atoms with Gasteiger partial charge in [0.25, 0.3) is 11.5 Å². The predicted molar refractivity (Wildman–Crippen MR) is 114 cm³/mol. The number of aryl methyl sites for hydroxylation is 2. The first kappa shape index (κ1) is 18.4. The van der Waals surface area contributed by atoms with Gasteiger partial charge in [-0.05, 0) is 56.7 Å². The topological polar surface area (TPSA) is 73.2 Å². The summed E-state index contributed by atoms with van der Waals surface area (Å²) in [5, 5.41) is 3.56. The monoisotopic (exact) mass is 409 g/mol. The summed E-state index contributed by atoms with van der Waals surface area (Å²) in [4.78, 5) is 31.8. The Hall–Kier alpha value is -2.67. The predicted octanol–water partition coefficient (Wildman–Crippen LogP) is 4.29. The number of anilines is 1. The Labute approximate surface area is 172 Å². The summed E-state index contributed by atoms with van der Waals surface area (Å²) in [6, 6.07) is 7.54. The smallest absolute Gasteiger partial charge is 0.266 e. The van der Waals surface area contributed by atoms with Gasteiger partial charge in [-0.25, -0.2) is 4.98 Å². The second-order valence-corrected chi connectivity index (χ2v) is 8.80. The third kappa shape index (κ3) is 3.23. The maximum absolute atomic E-state index is 13.1. The second kappa shape index (κ2) is 7.30. The van der Waals surface area contributed by atoms with Gasteiger partial charge in [-0.2, -0.15) is 0 Å². The number of carbonyl (C=O) groups is 1. The molecule has 1 aliphatic heterocycles. The van der Waals surface area contributed by atoms with Crippen molar-refractivity contribution >= 4 is 33.1 Å². The summed E-state index contributed by atoms with van der Waals surface area (Å²) in [6.07, 6.45) is 6.46. The van der Waals surface area contributed by atoms with Crippen molar-refractivity contribution in [2.75, 3.05) is 5.32 Å². The van der Waals surface area contributed by atoms with E-state index in [0.717, 1.165) is 31.5 Å². The van der Waals surface area contributed by atoms with E-state index >= 15 is 0 Å². The molecule has 1 fully saturated rings. The van der Waals surface area contributed by atoms with Crippen LogP contribution in [0, 0.1) is 6.92 Å². The average molecular weight is 410 g/mol. The fourth-order valence-corrected chi connectivity index (χ4v) is 5.42. The quantitative estimate of drug-likeness (QED) is 0.698. The summed E-state index contributed by atoms with van der Waals surface area (Å²) >= 11 is 1.29. The molecule has 0 radical (unpaired) electrons. The maximum Gasteiger partial charge on any atom is 0.266 e. The molecule has 0 saturated heterocycles. The van der Waals surface area contributed by atoms with Crippen molar-refractivity contribution in [2.24, 2.45) is 0 Å². The van der Waals surface area contributed by atoms with Crippen LogP contribution in [0.2, 0.25) is 0 Å². The van der Waals surface area contributed by atoms with Gasteiger partial charge < -0.3 is 10.1 Å². The highest BCUT2D eigenvalue weighted by molar-refractivity contribution is 7.20. The van der Waals surface area contributed by atoms with Crippen molar-refractivity contribution in [3.63, 3.8) is 0 Å². The molecule has 3 heterocycles. The van der Waals surface area contributed by atoms with Crippen molar-refractivity contribution in [3.8, 4) is 5.75 Å². The zero-order valence-electron chi connectivity index (χ0n) is 16.4. The zero-order valence-corrected chi connectivity index (χ0v) is 17.2. The number of benzene rings is 1. The molecule has 5 rings (SSSR count). The zero-order chi connectivity index (χ0) is 20.0. The molecule has 3 aromatic rings. The Morgan fingerprint density at radius 3 is 2.86 bits per heavy atom. The van der Waals surface area contributed by atoms with Crippen LogP contribution in [0.5, 0.6) is 5.75 Å². The molecular formula is C22H23N3O3S. The molecule has 0 spiro atoms. The number of para-hydroxylation sites is 2. The lowest BCUT2D eigenvalue weighted by molar-refractivity contribution is 0.102. The highest BCUT2D eigenvalue weighted by Gasteiger charge is 2.24. The summed E-state index contributed by atoms with van der Waals surface area (Å²) < 4.78 is 7.87. The maximum atomic E-state index is 13.1. The van der Waals surface area contributed by atoms with Crippen LogP contribution >= 0.6 is 11.3 Å². The Bertz CT molecular complexity index is 1160. The van der Waals surface area contributed by atoms with Crippen molar-refractivity contribution in [1.29, 1.82) is 0 Å². The summed E-state index contributed by atoms with van der Waals surface area (Å²) in [7, 11) is 0. The third-order valence-corrected chi connectivity index (χ3v) is 7.03. The molecule has 150 valence electrons. The Morgan fingerprint density at radius 1 is 1.24 bits per heavy atom. The van der Waals surface area contributed by atoms with Gasteiger partial charge in [0.1, 0.15) is 16.4 Å². The van der Waals surface area contributed by atoms with Gasteiger partial charge in [-0.3, -0.25) is 14.2 Å². The molecule has 1 saturated carbocycles. The van der Waals surface area contributed by atoms with Crippen LogP contribution in [0.15, 0.2) is 29.1 Å². The van der Waals surface area contributed by atoms with E-state index in [4.69, 9.17) is 4.74 Å². The van der Waals surface area contributed by atoms with Crippen molar-refractivity contribution in [1.82, 2.24) is 9.55 Å². The van der Waals surface area contributed by atoms with E-state index in [1.807, 2.05) is 31.2 Å². The lowest BCUT2D eigenvalue weighted by atomic mass is 10.2. The van der Waals surface area contributed by atoms with Crippen molar-refractivity contribution < 1.29 is 9.53 Å². The van der Waals surface area contributed by atoms with Crippen LogP contribution in [0.4, 0.5) is 5.69 Å². The number of fused-ring (bicyclic) bond motifs is 2. The van der Waals surface area contributed by atoms with Gasteiger partial charge in [0.05, 0.1) is 22.1 Å². The Balaban J connectivity index is 1.46. The molecule has 2 aromatic heterocycles. The number of aromatic nitrogens is 2. The molecule has 7 heteroatoms. The molecule has 1 aliphatic carbocycles. The van der Waals surface area contributed by atoms with Gasteiger partial charge in [0.2, 0.25) is 0 Å². The third-order valence-electron chi connectivity index (χ3n) is 5.85. The molecule has 1 aromatic carbocycles. The highest BCUT2D eigenvalue weighted by atomic mass is 32.1. The molecule has 1 N–H and O–H groups in total. The molecule has 0 unspecified atom stereocenters. The Morgan fingerprint density at radius 2 is 2.03 bits per heavy atom. The van der Waals surface area contributed by atoms with Crippen molar-refractivity contribution in [2.45, 2.75) is 58.1 Å². The largest absolute Gasteiger partial charge is 0.488 e. The van der Waals surface area contributed by atoms with Crippen LogP contribution in [0.1, 0.15) is 53.2 Å². The molecule has 6 nitrogen and oxygen atoms in total. The van der Waals surface area contributed by atoms with Crippen molar-refractivity contribution in [3.05, 3.63) is 50.9 Å². The Kier molecular flexibility index (Phi) is 4.62. The fraction of sp³-hybridized carbons (Fsp3) is 0.409. The minimum atomic E-state index is -0.225. The molecule has 1 amide bonds. The number of nitrogens with one attached hydrogen (secondary N) is 1. The average Bonchev–Trinajstić information content (AvgIpc) is 3.44. The van der Waals surface area contributed by atoms with Gasteiger partial charge in [-0.1, -0.05) is 12.1 Å². The number of nitrogens with zero attached hydrogens (tertiary/aromatic N) is 2. The first-order chi connectivity index (χ1) is 14.1. The minimum Gasteiger partial charge on any atom is -0.488 e. The van der Waals surface area contributed by atoms with Gasteiger partial charge >= 0.3 is 0 Å². The number of rotatable bonds is 4. The summed E-state index contributed by atoms with van der Waals surface area (Å²) in [5.74, 6) is 1.30. The van der Waals surface area contributed by atoms with E-state index in [9.17, 15) is 9.59 Å². The molecule has 2 aliphatic rings. The van der Waals surface area contributed by atoms with Crippen LogP contribution in [-0.4, -0.2) is 21.6 Å². The first-order valence-corrected chi connectivity index (χ1v) is 11.0. The minimum absolute atomic E-state index is 0.0275. The number of amides is 1. The molecular weight excluding hydrogens is 386 g/mol. The first-order valence-electron chi connectivity index (χ1n) is 10.2. The van der Waals surface area contributed by atoms with E-state index in [2.05, 4.69) is 10.3 Å². The standard InChI is InChI=1S/C22H23N3O3S/c1-13-18-21(24-17-11-6-12-25(17)22(18)27)29-19(13)20(26)23-15-9-4-5-10-16(15)28-14-7-2-3-8-14/h4-5,9-10,14H,2-3,6-8,11-12H2,1H3,(H,23,26). The number of thiophene rings is 1. The van der Waals surface area contributed by atoms with Gasteiger partial charge in [-0.15, -0.1) is 11.3 Å². The van der Waals surface area contributed by atoms with E-state index in [0.29, 0.717) is 38.6 Å². The van der Waals surface area contributed by atoms with Crippen LogP contribution in [0.25, 0.3) is 10.2 Å². The highest BCUT2D eigenvalue weighted by Crippen LogP contribution is 2.32. The SMILES string of the molecule is Cc1c(C(=O)Nc2ccccc2OC2CCCC2)sc2nc3n(c(=O)c12)CCC3. The number of hydrogen-bond acceptors (Lipinski definition) is 5. The van der Waals surface area contributed by atoms with Gasteiger partial charge in [0.15, 0.2) is 0 Å². The lowest BCUT2D eigenvalue weighted by Crippen LogP contribution is -2.21. The number of ether oxygens (including phenoxy) is 1. The normalized spacial score (nSPS) is 16.3. The van der Waals surface area contributed by atoms with E-state index in [1.54, 1.807) is 4.57 Å². The molecule has 0 atom stereocenters. The van der Waals surface area contributed by atoms with Crippen LogP contribution in [-0.2, 0) is 13.0 Å².